The lowest BCUT2D eigenvalue weighted by atomic mass is 9.90. The maximum Gasteiger partial charge on any atom is 0.252 e. The summed E-state index contributed by atoms with van der Waals surface area (Å²) in [5.74, 6) is 1.35. The van der Waals surface area contributed by atoms with Gasteiger partial charge < -0.3 is 24.4 Å². The maximum absolute atomic E-state index is 13.5. The van der Waals surface area contributed by atoms with Crippen LogP contribution in [0.25, 0.3) is 0 Å². The molecule has 30 heavy (non-hydrogen) atoms. The Balaban J connectivity index is 1.62. The number of aliphatic hydroxyl groups is 1. The monoisotopic (exact) mass is 408 g/mol. The number of carbonyl (C=O) groups is 1. The highest BCUT2D eigenvalue weighted by atomic mass is 16.5. The maximum atomic E-state index is 13.5. The average Bonchev–Trinajstić information content (AvgIpc) is 2.78. The molecule has 2 aromatic carbocycles. The SMILES string of the molecule is COc1cc2c(cc1OC)N(C)C1=C(C2)C(=O)N(C(CO)Cc2ccccc2)CC1. The predicted molar refractivity (Wildman–Crippen MR) is 116 cm³/mol. The smallest absolute Gasteiger partial charge is 0.252 e. The number of nitrogens with zero attached hydrogens (tertiary/aromatic N) is 2. The molecule has 0 bridgehead atoms. The van der Waals surface area contributed by atoms with Crippen LogP contribution in [0.2, 0.25) is 0 Å². The van der Waals surface area contributed by atoms with Gasteiger partial charge in [-0.3, -0.25) is 4.79 Å². The molecule has 1 N–H and O–H groups in total. The normalized spacial score (nSPS) is 16.9. The van der Waals surface area contributed by atoms with Crippen molar-refractivity contribution >= 4 is 11.6 Å². The van der Waals surface area contributed by atoms with Gasteiger partial charge in [-0.15, -0.1) is 0 Å². The van der Waals surface area contributed by atoms with Crippen molar-refractivity contribution in [1.29, 1.82) is 0 Å². The Morgan fingerprint density at radius 3 is 2.47 bits per heavy atom. The second kappa shape index (κ2) is 8.40. The molecule has 1 atom stereocenters. The predicted octanol–water partition coefficient (Wildman–Crippen LogP) is 2.79. The highest BCUT2D eigenvalue weighted by Crippen LogP contribution is 2.42. The molecule has 0 saturated carbocycles. The lowest BCUT2D eigenvalue weighted by Gasteiger charge is -2.41. The molecule has 0 saturated heterocycles. The molecule has 6 heteroatoms. The fourth-order valence-corrected chi connectivity index (χ4v) is 4.53. The third-order valence-corrected chi connectivity index (χ3v) is 6.14. The molecule has 6 nitrogen and oxygen atoms in total. The van der Waals surface area contributed by atoms with Crippen molar-refractivity contribution in [1.82, 2.24) is 4.90 Å². The van der Waals surface area contributed by atoms with Gasteiger partial charge in [0.25, 0.3) is 5.91 Å². The van der Waals surface area contributed by atoms with Crippen LogP contribution in [0.4, 0.5) is 5.69 Å². The van der Waals surface area contributed by atoms with E-state index in [1.54, 1.807) is 14.2 Å². The topological polar surface area (TPSA) is 62.2 Å². The van der Waals surface area contributed by atoms with E-state index in [9.17, 15) is 9.90 Å². The number of benzene rings is 2. The fourth-order valence-electron chi connectivity index (χ4n) is 4.53. The summed E-state index contributed by atoms with van der Waals surface area (Å²) in [5.41, 5.74) is 5.04. The van der Waals surface area contributed by atoms with Crippen LogP contribution in [-0.2, 0) is 17.6 Å². The molecule has 0 spiro atoms. The third kappa shape index (κ3) is 3.52. The average molecular weight is 408 g/mol. The summed E-state index contributed by atoms with van der Waals surface area (Å²) in [6.07, 6.45) is 1.95. The summed E-state index contributed by atoms with van der Waals surface area (Å²) in [4.78, 5) is 17.4. The number of aliphatic hydroxyl groups excluding tert-OH is 1. The molecule has 2 aromatic rings. The van der Waals surface area contributed by atoms with Gasteiger partial charge in [0.1, 0.15) is 0 Å². The van der Waals surface area contributed by atoms with E-state index >= 15 is 0 Å². The first-order valence-corrected chi connectivity index (χ1v) is 10.2. The Labute approximate surface area is 177 Å². The number of hydrogen-bond acceptors (Lipinski definition) is 5. The van der Waals surface area contributed by atoms with Gasteiger partial charge in [0.2, 0.25) is 0 Å². The van der Waals surface area contributed by atoms with Gasteiger partial charge >= 0.3 is 0 Å². The van der Waals surface area contributed by atoms with Crippen LogP contribution < -0.4 is 14.4 Å². The van der Waals surface area contributed by atoms with Crippen LogP contribution in [0.5, 0.6) is 11.5 Å². The van der Waals surface area contributed by atoms with E-state index in [0.29, 0.717) is 30.9 Å². The number of hydrogen-bond donors (Lipinski definition) is 1. The Kier molecular flexibility index (Phi) is 5.68. The van der Waals surface area contributed by atoms with Gasteiger partial charge in [-0.25, -0.2) is 0 Å². The van der Waals surface area contributed by atoms with Gasteiger partial charge in [-0.2, -0.15) is 0 Å². The number of anilines is 1. The van der Waals surface area contributed by atoms with E-state index in [0.717, 1.165) is 34.5 Å². The Bertz CT molecular complexity index is 971. The highest BCUT2D eigenvalue weighted by molar-refractivity contribution is 5.98. The summed E-state index contributed by atoms with van der Waals surface area (Å²) in [7, 11) is 5.24. The van der Waals surface area contributed by atoms with Gasteiger partial charge in [-0.05, 0) is 23.6 Å². The van der Waals surface area contributed by atoms with Gasteiger partial charge in [0, 0.05) is 49.5 Å². The van der Waals surface area contributed by atoms with Crippen LogP contribution in [0.1, 0.15) is 17.5 Å². The zero-order chi connectivity index (χ0) is 21.3. The van der Waals surface area contributed by atoms with Crippen LogP contribution in [0.3, 0.4) is 0 Å². The molecular weight excluding hydrogens is 380 g/mol. The van der Waals surface area contributed by atoms with E-state index in [-0.39, 0.29) is 18.6 Å². The summed E-state index contributed by atoms with van der Waals surface area (Å²) in [5, 5.41) is 10.0. The molecule has 0 radical (unpaired) electrons. The van der Waals surface area contributed by atoms with E-state index < -0.39 is 0 Å². The number of fused-ring (bicyclic) bond motifs is 1. The minimum atomic E-state index is -0.231. The Hall–Kier alpha value is -2.99. The van der Waals surface area contributed by atoms with E-state index in [1.807, 2.05) is 54.4 Å². The van der Waals surface area contributed by atoms with Crippen LogP contribution >= 0.6 is 0 Å². The molecule has 4 rings (SSSR count). The van der Waals surface area contributed by atoms with Gasteiger partial charge in [0.15, 0.2) is 11.5 Å². The number of methoxy groups -OCH3 is 2. The minimum absolute atomic E-state index is 0.0125. The Morgan fingerprint density at radius 2 is 1.80 bits per heavy atom. The minimum Gasteiger partial charge on any atom is -0.493 e. The molecule has 158 valence electrons. The van der Waals surface area contributed by atoms with Crippen molar-refractivity contribution in [2.24, 2.45) is 0 Å². The highest BCUT2D eigenvalue weighted by Gasteiger charge is 2.36. The first-order valence-electron chi connectivity index (χ1n) is 10.2. The van der Waals surface area contributed by atoms with Crippen molar-refractivity contribution in [3.63, 3.8) is 0 Å². The van der Waals surface area contributed by atoms with Crippen LogP contribution in [-0.4, -0.2) is 56.4 Å². The number of amides is 1. The fraction of sp³-hybridized carbons (Fsp3) is 0.375. The second-order valence-electron chi connectivity index (χ2n) is 7.77. The molecule has 2 aliphatic heterocycles. The lowest BCUT2D eigenvalue weighted by molar-refractivity contribution is -0.131. The summed E-state index contributed by atoms with van der Waals surface area (Å²) in [6.45, 7) is 0.545. The van der Waals surface area contributed by atoms with Crippen LogP contribution in [0.15, 0.2) is 53.7 Å². The molecule has 0 fully saturated rings. The van der Waals surface area contributed by atoms with E-state index in [1.165, 1.54) is 0 Å². The van der Waals surface area contributed by atoms with Crippen molar-refractivity contribution in [2.45, 2.75) is 25.3 Å². The van der Waals surface area contributed by atoms with Crippen molar-refractivity contribution in [3.8, 4) is 11.5 Å². The molecule has 0 aliphatic carbocycles. The first-order chi connectivity index (χ1) is 14.6. The zero-order valence-electron chi connectivity index (χ0n) is 17.7. The Morgan fingerprint density at radius 1 is 1.10 bits per heavy atom. The molecular formula is C24H28N2O4. The summed E-state index contributed by atoms with van der Waals surface area (Å²) in [6, 6.07) is 13.7. The number of ether oxygens (including phenoxy) is 2. The van der Waals surface area contributed by atoms with Crippen LogP contribution in [0, 0.1) is 0 Å². The number of carbonyl (C=O) groups excluding carboxylic acids is 1. The summed E-state index contributed by atoms with van der Waals surface area (Å²) < 4.78 is 10.9. The molecule has 0 aromatic heterocycles. The molecule has 1 amide bonds. The van der Waals surface area contributed by atoms with Crippen molar-refractivity contribution < 1.29 is 19.4 Å². The van der Waals surface area contributed by atoms with Gasteiger partial charge in [0.05, 0.1) is 26.9 Å². The second-order valence-corrected chi connectivity index (χ2v) is 7.77. The van der Waals surface area contributed by atoms with Gasteiger partial charge in [-0.1, -0.05) is 30.3 Å². The zero-order valence-corrected chi connectivity index (χ0v) is 17.7. The van der Waals surface area contributed by atoms with E-state index in [2.05, 4.69) is 4.90 Å². The molecule has 2 aliphatic rings. The quantitative estimate of drug-likeness (QED) is 0.797. The van der Waals surface area contributed by atoms with Crippen molar-refractivity contribution in [2.75, 3.05) is 39.3 Å². The van der Waals surface area contributed by atoms with E-state index in [4.69, 9.17) is 9.47 Å². The largest absolute Gasteiger partial charge is 0.493 e. The molecule has 2 heterocycles. The summed E-state index contributed by atoms with van der Waals surface area (Å²) >= 11 is 0. The number of rotatable bonds is 6. The molecule has 1 unspecified atom stereocenters. The first kappa shape index (κ1) is 20.3. The standard InChI is InChI=1S/C24H28N2O4/c1-25-20-9-10-26(18(15-27)11-16-7-5-4-6-8-16)24(28)19(20)12-17-13-22(29-2)23(30-3)14-21(17)25/h4-8,13-14,18,27H,9-12,15H2,1-3H3. The lowest BCUT2D eigenvalue weighted by Crippen LogP contribution is -2.49. The van der Waals surface area contributed by atoms with Crippen molar-refractivity contribution in [3.05, 3.63) is 64.9 Å². The third-order valence-electron chi connectivity index (χ3n) is 6.14.